The monoisotopic (exact) mass is 345 g/mol. The number of hydrogen-bond acceptors (Lipinski definition) is 3. The first-order chi connectivity index (χ1) is 10.1. The summed E-state index contributed by atoms with van der Waals surface area (Å²) in [6.07, 6.45) is 1.59. The molecule has 0 atom stereocenters. The Morgan fingerprint density at radius 3 is 2.29 bits per heavy atom. The predicted molar refractivity (Wildman–Crippen MR) is 88.8 cm³/mol. The second-order valence-corrected chi connectivity index (χ2v) is 5.47. The van der Waals surface area contributed by atoms with Gasteiger partial charge in [-0.2, -0.15) is 0 Å². The number of anilines is 1. The van der Waals surface area contributed by atoms with Crippen LogP contribution < -0.4 is 10.1 Å². The number of carbonyl (C=O) groups excluding carboxylic acids is 1. The highest BCUT2D eigenvalue weighted by molar-refractivity contribution is 9.10. The van der Waals surface area contributed by atoms with Crippen LogP contribution in [0.1, 0.15) is 17.3 Å². The van der Waals surface area contributed by atoms with Gasteiger partial charge in [0, 0.05) is 27.5 Å². The lowest BCUT2D eigenvalue weighted by atomic mass is 10.1. The molecule has 0 saturated heterocycles. The molecule has 0 aromatic heterocycles. The molecule has 0 aliphatic carbocycles. The van der Waals surface area contributed by atoms with E-state index in [1.165, 1.54) is 0 Å². The van der Waals surface area contributed by atoms with Crippen molar-refractivity contribution in [1.29, 1.82) is 0 Å². The molecule has 0 aliphatic heterocycles. The molecule has 0 unspecified atom stereocenters. The molecule has 21 heavy (non-hydrogen) atoms. The van der Waals surface area contributed by atoms with Crippen LogP contribution in [-0.2, 0) is 0 Å². The summed E-state index contributed by atoms with van der Waals surface area (Å²) in [5, 5.41) is 3.19. The molecule has 2 aromatic carbocycles. The molecule has 0 heterocycles. The zero-order valence-electron chi connectivity index (χ0n) is 11.9. The molecule has 1 N–H and O–H groups in total. The molecule has 4 heteroatoms. The number of hydrogen-bond donors (Lipinski definition) is 1. The van der Waals surface area contributed by atoms with Crippen LogP contribution in [0.3, 0.4) is 0 Å². The molecule has 0 aliphatic rings. The fourth-order valence-corrected chi connectivity index (χ4v) is 2.10. The zero-order valence-corrected chi connectivity index (χ0v) is 13.5. The summed E-state index contributed by atoms with van der Waals surface area (Å²) in [5.41, 5.74) is 2.36. The van der Waals surface area contributed by atoms with E-state index in [2.05, 4.69) is 21.2 Å². The molecule has 108 valence electrons. The van der Waals surface area contributed by atoms with Gasteiger partial charge in [-0.15, -0.1) is 0 Å². The fourth-order valence-electron chi connectivity index (χ4n) is 1.83. The van der Waals surface area contributed by atoms with Crippen LogP contribution in [0.15, 0.2) is 64.8 Å². The number of ether oxygens (including phenoxy) is 1. The number of nitrogens with one attached hydrogen (secondary N) is 1. The lowest BCUT2D eigenvalue weighted by molar-refractivity contribution is 0.104. The van der Waals surface area contributed by atoms with E-state index in [1.54, 1.807) is 37.5 Å². The third kappa shape index (κ3) is 4.46. The van der Waals surface area contributed by atoms with Gasteiger partial charge in [0.1, 0.15) is 5.75 Å². The third-order valence-corrected chi connectivity index (χ3v) is 3.44. The number of ketones is 1. The Balaban J connectivity index is 2.06. The van der Waals surface area contributed by atoms with Gasteiger partial charge in [0.05, 0.1) is 7.11 Å². The normalized spacial score (nSPS) is 11.1. The number of rotatable bonds is 5. The van der Waals surface area contributed by atoms with Crippen molar-refractivity contribution in [3.8, 4) is 5.75 Å². The molecule has 0 radical (unpaired) electrons. The fraction of sp³-hybridized carbons (Fsp3) is 0.118. The predicted octanol–water partition coefficient (Wildman–Crippen LogP) is 4.66. The van der Waals surface area contributed by atoms with Crippen molar-refractivity contribution in [1.82, 2.24) is 0 Å². The number of benzene rings is 2. The maximum Gasteiger partial charge on any atom is 0.187 e. The maximum atomic E-state index is 12.1. The van der Waals surface area contributed by atoms with E-state index in [1.807, 2.05) is 31.2 Å². The van der Waals surface area contributed by atoms with Crippen molar-refractivity contribution in [2.45, 2.75) is 6.92 Å². The second-order valence-electron chi connectivity index (χ2n) is 4.55. The zero-order chi connectivity index (χ0) is 15.2. The minimum atomic E-state index is -0.0419. The highest BCUT2D eigenvalue weighted by Gasteiger charge is 2.04. The van der Waals surface area contributed by atoms with Gasteiger partial charge in [-0.3, -0.25) is 4.79 Å². The Labute approximate surface area is 132 Å². The first kappa shape index (κ1) is 15.3. The van der Waals surface area contributed by atoms with Crippen molar-refractivity contribution in [3.05, 3.63) is 70.3 Å². The number of methoxy groups -OCH3 is 1. The molecule has 0 saturated carbocycles. The van der Waals surface area contributed by atoms with E-state index in [0.29, 0.717) is 5.56 Å². The average Bonchev–Trinajstić information content (AvgIpc) is 2.49. The lowest BCUT2D eigenvalue weighted by Crippen LogP contribution is -2.01. The van der Waals surface area contributed by atoms with Crippen LogP contribution in [0, 0.1) is 0 Å². The van der Waals surface area contributed by atoms with E-state index in [9.17, 15) is 4.79 Å². The molecule has 0 spiro atoms. The van der Waals surface area contributed by atoms with Gasteiger partial charge in [0.2, 0.25) is 0 Å². The number of halogens is 1. The average molecular weight is 346 g/mol. The van der Waals surface area contributed by atoms with Crippen molar-refractivity contribution in [2.75, 3.05) is 12.4 Å². The Morgan fingerprint density at radius 1 is 1.10 bits per heavy atom. The van der Waals surface area contributed by atoms with Gasteiger partial charge in [-0.1, -0.05) is 15.9 Å². The van der Waals surface area contributed by atoms with Gasteiger partial charge < -0.3 is 10.1 Å². The molecule has 3 nitrogen and oxygen atoms in total. The van der Waals surface area contributed by atoms with Crippen molar-refractivity contribution in [3.63, 3.8) is 0 Å². The van der Waals surface area contributed by atoms with Crippen LogP contribution in [0.25, 0.3) is 0 Å². The second kappa shape index (κ2) is 7.09. The third-order valence-electron chi connectivity index (χ3n) is 2.91. The standard InChI is InChI=1S/C17H16BrNO2/c1-12(19-15-7-5-14(18)6-8-15)11-17(20)13-3-9-16(21-2)10-4-13/h3-11,19H,1-2H3/b12-11+. The number of carbonyl (C=O) groups is 1. The first-order valence-electron chi connectivity index (χ1n) is 6.48. The van der Waals surface area contributed by atoms with Gasteiger partial charge in [0.15, 0.2) is 5.78 Å². The van der Waals surface area contributed by atoms with Gasteiger partial charge >= 0.3 is 0 Å². The summed E-state index contributed by atoms with van der Waals surface area (Å²) >= 11 is 3.39. The molecule has 0 bridgehead atoms. The van der Waals surface area contributed by atoms with Gasteiger partial charge in [-0.25, -0.2) is 0 Å². The van der Waals surface area contributed by atoms with E-state index in [4.69, 9.17) is 4.74 Å². The quantitative estimate of drug-likeness (QED) is 0.632. The summed E-state index contributed by atoms with van der Waals surface area (Å²) < 4.78 is 6.09. The van der Waals surface area contributed by atoms with Crippen LogP contribution in [-0.4, -0.2) is 12.9 Å². The van der Waals surface area contributed by atoms with Crippen molar-refractivity contribution in [2.24, 2.45) is 0 Å². The first-order valence-corrected chi connectivity index (χ1v) is 7.27. The van der Waals surface area contributed by atoms with Crippen LogP contribution in [0.5, 0.6) is 5.75 Å². The summed E-state index contributed by atoms with van der Waals surface area (Å²) in [5.74, 6) is 0.694. The van der Waals surface area contributed by atoms with E-state index in [0.717, 1.165) is 21.6 Å². The highest BCUT2D eigenvalue weighted by Crippen LogP contribution is 2.16. The topological polar surface area (TPSA) is 38.3 Å². The van der Waals surface area contributed by atoms with Crippen LogP contribution in [0.2, 0.25) is 0 Å². The Hall–Kier alpha value is -2.07. The highest BCUT2D eigenvalue weighted by atomic mass is 79.9. The van der Waals surface area contributed by atoms with Crippen LogP contribution in [0.4, 0.5) is 5.69 Å². The van der Waals surface area contributed by atoms with E-state index >= 15 is 0 Å². The van der Waals surface area contributed by atoms with Gasteiger partial charge in [0.25, 0.3) is 0 Å². The van der Waals surface area contributed by atoms with Crippen molar-refractivity contribution < 1.29 is 9.53 Å². The van der Waals surface area contributed by atoms with E-state index in [-0.39, 0.29) is 5.78 Å². The minimum absolute atomic E-state index is 0.0419. The molecule has 0 amide bonds. The molecular formula is C17H16BrNO2. The smallest absolute Gasteiger partial charge is 0.187 e. The minimum Gasteiger partial charge on any atom is -0.497 e. The van der Waals surface area contributed by atoms with E-state index < -0.39 is 0 Å². The van der Waals surface area contributed by atoms with Gasteiger partial charge in [-0.05, 0) is 55.5 Å². The summed E-state index contributed by atoms with van der Waals surface area (Å²) in [4.78, 5) is 12.1. The Bertz CT molecular complexity index is 645. The number of allylic oxidation sites excluding steroid dienone is 2. The molecule has 2 rings (SSSR count). The van der Waals surface area contributed by atoms with Crippen molar-refractivity contribution >= 4 is 27.4 Å². The maximum absolute atomic E-state index is 12.1. The molecular weight excluding hydrogens is 330 g/mol. The summed E-state index contributed by atoms with van der Waals surface area (Å²) in [7, 11) is 1.60. The largest absolute Gasteiger partial charge is 0.497 e. The Morgan fingerprint density at radius 2 is 1.71 bits per heavy atom. The van der Waals surface area contributed by atoms with Crippen LogP contribution >= 0.6 is 15.9 Å². The molecule has 2 aromatic rings. The summed E-state index contributed by atoms with van der Waals surface area (Å²) in [6, 6.07) is 14.8. The SMILES string of the molecule is COc1ccc(C(=O)/C=C(\C)Nc2ccc(Br)cc2)cc1. The lowest BCUT2D eigenvalue weighted by Gasteiger charge is -2.06. The Kier molecular flexibility index (Phi) is 5.17. The summed E-state index contributed by atoms with van der Waals surface area (Å²) in [6.45, 7) is 1.86. The molecule has 0 fully saturated rings.